The fourth-order valence-corrected chi connectivity index (χ4v) is 4.58. The molecule has 0 unspecified atom stereocenters. The van der Waals surface area contributed by atoms with Gasteiger partial charge < -0.3 is 5.32 Å². The number of aromatic nitrogens is 2. The second-order valence-corrected chi connectivity index (χ2v) is 9.64. The smallest absolute Gasteiger partial charge is 0.185 e. The van der Waals surface area contributed by atoms with Crippen molar-refractivity contribution in [2.75, 3.05) is 25.5 Å². The largest absolute Gasteiger partial charge is 0.362 e. The Morgan fingerprint density at radius 3 is 2.62 bits per heavy atom. The average Bonchev–Trinajstić information content (AvgIpc) is 3.27. The van der Waals surface area contributed by atoms with Crippen molar-refractivity contribution in [3.8, 4) is 0 Å². The van der Waals surface area contributed by atoms with Gasteiger partial charge in [0.05, 0.1) is 30.6 Å². The van der Waals surface area contributed by atoms with E-state index in [-0.39, 0.29) is 12.3 Å². The zero-order valence-corrected chi connectivity index (χ0v) is 24.9. The summed E-state index contributed by atoms with van der Waals surface area (Å²) in [6, 6.07) is 2.06. The summed E-state index contributed by atoms with van der Waals surface area (Å²) in [6.45, 7) is 10.2. The molecule has 2 aliphatic carbocycles. The van der Waals surface area contributed by atoms with Crippen molar-refractivity contribution in [3.63, 3.8) is 0 Å². The molecule has 1 fully saturated rings. The van der Waals surface area contributed by atoms with Crippen LogP contribution in [0.25, 0.3) is 5.70 Å². The van der Waals surface area contributed by atoms with Crippen LogP contribution in [0.1, 0.15) is 78.3 Å². The molecule has 0 amide bonds. The molecule has 1 heterocycles. The van der Waals surface area contributed by atoms with Crippen LogP contribution in [0, 0.1) is 10.8 Å². The average molecular weight is 548 g/mol. The van der Waals surface area contributed by atoms with Gasteiger partial charge >= 0.3 is 0 Å². The number of nitroso groups, excluding NO2 is 1. The predicted octanol–water partition coefficient (Wildman–Crippen LogP) is 7.10. The van der Waals surface area contributed by atoms with E-state index < -0.39 is 0 Å². The first-order valence-corrected chi connectivity index (χ1v) is 14.2. The van der Waals surface area contributed by atoms with E-state index >= 15 is 0 Å². The van der Waals surface area contributed by atoms with E-state index in [2.05, 4.69) is 57.9 Å². The maximum atomic E-state index is 13.2. The lowest BCUT2D eigenvalue weighted by atomic mass is 9.80. The maximum absolute atomic E-state index is 13.2. The van der Waals surface area contributed by atoms with E-state index in [9.17, 15) is 9.70 Å². The molecule has 0 spiro atoms. The number of allylic oxidation sites excluding steroid dienone is 7. The zero-order chi connectivity index (χ0) is 29.3. The summed E-state index contributed by atoms with van der Waals surface area (Å²) in [6.07, 6.45) is 21.4. The fourth-order valence-electron chi connectivity index (χ4n) is 4.58. The first-order chi connectivity index (χ1) is 19.4. The number of aliphatic imine (C=N–C) groups is 1. The number of rotatable bonds is 12. The lowest BCUT2D eigenvalue weighted by molar-refractivity contribution is -0.113. The van der Waals surface area contributed by atoms with Crippen LogP contribution in [0.3, 0.4) is 0 Å². The maximum Gasteiger partial charge on any atom is 0.185 e. The highest BCUT2D eigenvalue weighted by Gasteiger charge is 2.26. The number of carbonyl (C=O) groups excluding carboxylic acids is 1. The van der Waals surface area contributed by atoms with E-state index in [1.165, 1.54) is 18.0 Å². The molecule has 1 aromatic heterocycles. The van der Waals surface area contributed by atoms with Gasteiger partial charge in [-0.15, -0.1) is 0 Å². The van der Waals surface area contributed by atoms with Crippen molar-refractivity contribution in [2.45, 2.75) is 72.6 Å². The summed E-state index contributed by atoms with van der Waals surface area (Å²) < 4.78 is 1.92. The molecule has 0 aliphatic heterocycles. The van der Waals surface area contributed by atoms with Crippen LogP contribution in [0.15, 0.2) is 75.3 Å². The van der Waals surface area contributed by atoms with Crippen LogP contribution in [0.4, 0.5) is 5.82 Å². The molecule has 9 heteroatoms. The van der Waals surface area contributed by atoms with Crippen molar-refractivity contribution >= 4 is 29.7 Å². The second kappa shape index (κ2) is 17.7. The van der Waals surface area contributed by atoms with Gasteiger partial charge in [0, 0.05) is 49.8 Å². The van der Waals surface area contributed by atoms with Gasteiger partial charge in [0.25, 0.3) is 0 Å². The van der Waals surface area contributed by atoms with E-state index in [0.717, 1.165) is 49.3 Å². The molecule has 0 bridgehead atoms. The minimum atomic E-state index is -0.130. The minimum Gasteiger partial charge on any atom is -0.362 e. The summed E-state index contributed by atoms with van der Waals surface area (Å²) in [5.74, 6) is 1.33. The molecule has 0 saturated heterocycles. The number of anilines is 1. The van der Waals surface area contributed by atoms with Gasteiger partial charge in [-0.25, -0.2) is 4.68 Å². The van der Waals surface area contributed by atoms with E-state index in [4.69, 9.17) is 5.10 Å². The van der Waals surface area contributed by atoms with Crippen molar-refractivity contribution in [2.24, 2.45) is 21.2 Å². The molecule has 0 atom stereocenters. The molecular weight excluding hydrogens is 502 g/mol. The van der Waals surface area contributed by atoms with Gasteiger partial charge in [0.2, 0.25) is 0 Å². The molecule has 1 aromatic rings. The summed E-state index contributed by atoms with van der Waals surface area (Å²) in [5.41, 5.74) is 3.61. The number of carbonyl (C=O) groups is 1. The molecule has 216 valence electrons. The first-order valence-electron chi connectivity index (χ1n) is 14.2. The van der Waals surface area contributed by atoms with Crippen molar-refractivity contribution in [1.29, 1.82) is 0 Å². The van der Waals surface area contributed by atoms with Crippen LogP contribution in [-0.4, -0.2) is 53.1 Å². The van der Waals surface area contributed by atoms with Crippen molar-refractivity contribution in [3.05, 3.63) is 70.6 Å². The molecule has 1 saturated carbocycles. The Morgan fingerprint density at radius 2 is 1.95 bits per heavy atom. The number of hydrogen-bond donors (Lipinski definition) is 1. The molecule has 1 N–H and O–H groups in total. The molecule has 9 nitrogen and oxygen atoms in total. The molecule has 2 aliphatic rings. The van der Waals surface area contributed by atoms with Gasteiger partial charge in [-0.3, -0.25) is 14.8 Å². The molecule has 3 rings (SSSR count). The van der Waals surface area contributed by atoms with Crippen LogP contribution >= 0.6 is 0 Å². The van der Waals surface area contributed by atoms with Gasteiger partial charge in [-0.05, 0) is 58.4 Å². The Kier molecular flexibility index (Phi) is 14.3. The normalized spacial score (nSPS) is 19.7. The van der Waals surface area contributed by atoms with Gasteiger partial charge in [0.15, 0.2) is 5.78 Å². The summed E-state index contributed by atoms with van der Waals surface area (Å²) in [5, 5.41) is 17.4. The van der Waals surface area contributed by atoms with Crippen molar-refractivity contribution in [1.82, 2.24) is 14.8 Å². The number of hydrazone groups is 1. The van der Waals surface area contributed by atoms with Gasteiger partial charge in [-0.2, -0.15) is 15.1 Å². The molecule has 40 heavy (non-hydrogen) atoms. The SMILES string of the molecule is CC.CC=N/C=C(/C=N\N(C)/C=C\C)C(=O)CNc1cc(C2CCC(CN=O)CC2)nn1C1=CC=C(C)C=CC1. The third kappa shape index (κ3) is 10.0. The summed E-state index contributed by atoms with van der Waals surface area (Å²) in [4.78, 5) is 28.0. The standard InChI is InChI=1S/C29H39N7O2.C2H6/c1-5-16-35(4)32-20-25(19-30-6-2)28(37)21-31-29-17-27(24-13-11-23(12-14-24)18-33-38)34-36(29)26-9-7-8-22(3)10-15-26;1-2/h5-8,10,15-17,19-20,23-24,31H,9,11-14,18,21H2,1-4H3;1-2H3/b16-5-,25-19-,30-6?,32-20-;. The molecule has 0 aromatic carbocycles. The zero-order valence-electron chi connectivity index (χ0n) is 24.9. The van der Waals surface area contributed by atoms with Crippen LogP contribution in [0.2, 0.25) is 0 Å². The van der Waals surface area contributed by atoms with Crippen LogP contribution < -0.4 is 5.32 Å². The Balaban J connectivity index is 0.00000274. The Bertz CT molecular complexity index is 1180. The third-order valence-corrected chi connectivity index (χ3v) is 6.70. The summed E-state index contributed by atoms with van der Waals surface area (Å²) >= 11 is 0. The number of nitrogens with zero attached hydrogens (tertiary/aromatic N) is 6. The van der Waals surface area contributed by atoms with Gasteiger partial charge in [0.1, 0.15) is 5.82 Å². The van der Waals surface area contributed by atoms with Crippen LogP contribution in [-0.2, 0) is 4.79 Å². The van der Waals surface area contributed by atoms with Gasteiger partial charge in [-0.1, -0.05) is 48.9 Å². The number of ketones is 1. The third-order valence-electron chi connectivity index (χ3n) is 6.70. The number of Topliss-reactive ketones (excluding diaryl/α,β-unsaturated/α-hetero) is 1. The number of nitrogens with one attached hydrogen (secondary N) is 1. The van der Waals surface area contributed by atoms with E-state index in [1.54, 1.807) is 31.4 Å². The lowest BCUT2D eigenvalue weighted by Gasteiger charge is -2.25. The Hall–Kier alpha value is -3.88. The second-order valence-electron chi connectivity index (χ2n) is 9.64. The topological polar surface area (TPSA) is 104 Å². The first kappa shape index (κ1) is 32.3. The monoisotopic (exact) mass is 547 g/mol. The van der Waals surface area contributed by atoms with E-state index in [1.807, 2.05) is 31.5 Å². The number of hydrogen-bond acceptors (Lipinski definition) is 8. The Morgan fingerprint density at radius 1 is 1.20 bits per heavy atom. The highest BCUT2D eigenvalue weighted by Crippen LogP contribution is 2.37. The highest BCUT2D eigenvalue weighted by atomic mass is 16.3. The quantitative estimate of drug-likeness (QED) is 0.130. The molecule has 0 radical (unpaired) electrons. The minimum absolute atomic E-state index is 0.0747. The van der Waals surface area contributed by atoms with Crippen molar-refractivity contribution < 1.29 is 4.79 Å². The molecular formula is C31H45N7O2. The lowest BCUT2D eigenvalue weighted by Crippen LogP contribution is -2.19. The summed E-state index contributed by atoms with van der Waals surface area (Å²) in [7, 11) is 1.80. The Labute approximate surface area is 239 Å². The highest BCUT2D eigenvalue weighted by molar-refractivity contribution is 6.14. The predicted molar refractivity (Wildman–Crippen MR) is 168 cm³/mol. The van der Waals surface area contributed by atoms with Crippen LogP contribution in [0.5, 0.6) is 0 Å². The van der Waals surface area contributed by atoms with E-state index in [0.29, 0.717) is 24.0 Å². The fraction of sp³-hybridized carbons (Fsp3) is 0.484.